The molecular formula is C14H21N3OS. The summed E-state index contributed by atoms with van der Waals surface area (Å²) in [5.41, 5.74) is 7.80. The quantitative estimate of drug-likeness (QED) is 0.820. The van der Waals surface area contributed by atoms with Crippen LogP contribution in [0.15, 0.2) is 12.3 Å². The fraction of sp³-hybridized carbons (Fsp3) is 0.571. The van der Waals surface area contributed by atoms with E-state index in [2.05, 4.69) is 9.88 Å². The zero-order valence-electron chi connectivity index (χ0n) is 11.3. The first-order valence-corrected chi connectivity index (χ1v) is 7.15. The van der Waals surface area contributed by atoms with Crippen LogP contribution >= 0.6 is 12.2 Å². The van der Waals surface area contributed by atoms with Gasteiger partial charge in [-0.2, -0.15) is 0 Å². The molecule has 0 radical (unpaired) electrons. The van der Waals surface area contributed by atoms with Crippen molar-refractivity contribution in [3.63, 3.8) is 0 Å². The minimum Gasteiger partial charge on any atom is -0.396 e. The first-order chi connectivity index (χ1) is 9.13. The van der Waals surface area contributed by atoms with Crippen molar-refractivity contribution >= 4 is 23.0 Å². The fourth-order valence-electron chi connectivity index (χ4n) is 2.76. The number of pyridine rings is 1. The lowest BCUT2D eigenvalue weighted by Gasteiger charge is -2.34. The molecule has 1 fully saturated rings. The van der Waals surface area contributed by atoms with E-state index in [1.165, 1.54) is 6.42 Å². The third kappa shape index (κ3) is 3.22. The summed E-state index contributed by atoms with van der Waals surface area (Å²) in [6, 6.07) is 1.94. The van der Waals surface area contributed by atoms with Crippen molar-refractivity contribution in [2.24, 2.45) is 11.7 Å². The lowest BCUT2D eigenvalue weighted by molar-refractivity contribution is 0.244. The second kappa shape index (κ2) is 6.30. The number of nitrogens with zero attached hydrogens (tertiary/aromatic N) is 2. The van der Waals surface area contributed by atoms with Crippen molar-refractivity contribution in [1.29, 1.82) is 0 Å². The summed E-state index contributed by atoms with van der Waals surface area (Å²) in [5.74, 6) is 1.43. The molecule has 1 atom stereocenters. The number of rotatable bonds is 4. The monoisotopic (exact) mass is 279 g/mol. The van der Waals surface area contributed by atoms with Crippen LogP contribution in [0.2, 0.25) is 0 Å². The first-order valence-electron chi connectivity index (χ1n) is 6.74. The Balaban J connectivity index is 2.26. The van der Waals surface area contributed by atoms with Gasteiger partial charge in [0.05, 0.1) is 5.56 Å². The van der Waals surface area contributed by atoms with Gasteiger partial charge in [0, 0.05) is 25.9 Å². The van der Waals surface area contributed by atoms with Gasteiger partial charge in [0.25, 0.3) is 0 Å². The summed E-state index contributed by atoms with van der Waals surface area (Å²) in [6.45, 7) is 4.16. The lowest BCUT2D eigenvalue weighted by atomic mass is 9.94. The maximum atomic E-state index is 9.09. The summed E-state index contributed by atoms with van der Waals surface area (Å²) in [6.07, 6.45) is 4.95. The second-order valence-corrected chi connectivity index (χ2v) is 5.60. The van der Waals surface area contributed by atoms with Crippen LogP contribution in [-0.2, 0) is 0 Å². The van der Waals surface area contributed by atoms with Crippen molar-refractivity contribution in [2.45, 2.75) is 26.2 Å². The third-order valence-corrected chi connectivity index (χ3v) is 3.95. The highest BCUT2D eigenvalue weighted by atomic mass is 32.1. The largest absolute Gasteiger partial charge is 0.396 e. The molecule has 3 N–H and O–H groups in total. The molecule has 1 saturated heterocycles. The molecule has 1 aliphatic rings. The normalized spacial score (nSPS) is 19.5. The van der Waals surface area contributed by atoms with Crippen LogP contribution in [-0.4, -0.2) is 34.8 Å². The number of hydrogen-bond donors (Lipinski definition) is 2. The summed E-state index contributed by atoms with van der Waals surface area (Å²) < 4.78 is 0. The maximum absolute atomic E-state index is 9.09. The molecule has 0 spiro atoms. The number of piperidine rings is 1. The average Bonchev–Trinajstić information content (AvgIpc) is 2.38. The Kier molecular flexibility index (Phi) is 4.71. The molecule has 0 bridgehead atoms. The first kappa shape index (κ1) is 14.2. The Morgan fingerprint density at radius 3 is 3.11 bits per heavy atom. The highest BCUT2D eigenvalue weighted by Gasteiger charge is 2.23. The zero-order valence-corrected chi connectivity index (χ0v) is 12.1. The van der Waals surface area contributed by atoms with Gasteiger partial charge in [-0.05, 0) is 43.7 Å². The van der Waals surface area contributed by atoms with E-state index in [-0.39, 0.29) is 6.61 Å². The summed E-state index contributed by atoms with van der Waals surface area (Å²) in [7, 11) is 0. The van der Waals surface area contributed by atoms with Crippen LogP contribution in [0.4, 0.5) is 5.82 Å². The predicted molar refractivity (Wildman–Crippen MR) is 81.5 cm³/mol. The van der Waals surface area contributed by atoms with Crippen molar-refractivity contribution in [1.82, 2.24) is 4.98 Å². The Bertz CT molecular complexity index is 462. The number of thiocarbonyl (C=S) groups is 1. The number of aliphatic hydroxyl groups is 1. The van der Waals surface area contributed by atoms with E-state index >= 15 is 0 Å². The minimum absolute atomic E-state index is 0.252. The smallest absolute Gasteiger partial charge is 0.139 e. The number of nitrogens with two attached hydrogens (primary N) is 1. The van der Waals surface area contributed by atoms with Crippen molar-refractivity contribution in [2.75, 3.05) is 24.6 Å². The summed E-state index contributed by atoms with van der Waals surface area (Å²) in [4.78, 5) is 7.14. The SMILES string of the molecule is Cc1ccnc(N2CCCC(CCO)C2)c1C(N)=S. The van der Waals surface area contributed by atoms with Crippen LogP contribution in [0.5, 0.6) is 0 Å². The third-order valence-electron chi connectivity index (χ3n) is 3.74. The lowest BCUT2D eigenvalue weighted by Crippen LogP contribution is -2.37. The molecule has 19 heavy (non-hydrogen) atoms. The molecule has 1 unspecified atom stereocenters. The van der Waals surface area contributed by atoms with Crippen molar-refractivity contribution < 1.29 is 5.11 Å². The van der Waals surface area contributed by atoms with Crippen LogP contribution in [0.25, 0.3) is 0 Å². The standard InChI is InChI=1S/C14H21N3OS/c1-10-4-6-16-14(12(10)13(15)19)17-7-2-3-11(9-17)5-8-18/h4,6,11,18H,2-3,5,7-9H2,1H3,(H2,15,19). The molecule has 5 heteroatoms. The van der Waals surface area contributed by atoms with E-state index in [9.17, 15) is 0 Å². The summed E-state index contributed by atoms with van der Waals surface area (Å²) in [5, 5.41) is 9.09. The molecule has 0 aromatic carbocycles. The van der Waals surface area contributed by atoms with Gasteiger partial charge >= 0.3 is 0 Å². The van der Waals surface area contributed by atoms with Gasteiger partial charge in [0.15, 0.2) is 0 Å². The van der Waals surface area contributed by atoms with Gasteiger partial charge in [0.2, 0.25) is 0 Å². The molecular weight excluding hydrogens is 258 g/mol. The van der Waals surface area contributed by atoms with Crippen LogP contribution in [0.1, 0.15) is 30.4 Å². The topological polar surface area (TPSA) is 62.4 Å². The molecule has 4 nitrogen and oxygen atoms in total. The number of aliphatic hydroxyl groups excluding tert-OH is 1. The summed E-state index contributed by atoms with van der Waals surface area (Å²) >= 11 is 5.16. The molecule has 1 aliphatic heterocycles. The van der Waals surface area contributed by atoms with Crippen molar-refractivity contribution in [3.8, 4) is 0 Å². The Morgan fingerprint density at radius 1 is 1.63 bits per heavy atom. The number of aryl methyl sites for hydroxylation is 1. The predicted octanol–water partition coefficient (Wildman–Crippen LogP) is 1.62. The van der Waals surface area contributed by atoms with Gasteiger partial charge in [0.1, 0.15) is 10.8 Å². The number of hydrogen-bond acceptors (Lipinski definition) is 4. The molecule has 0 saturated carbocycles. The highest BCUT2D eigenvalue weighted by molar-refractivity contribution is 7.80. The molecule has 0 amide bonds. The molecule has 2 rings (SSSR count). The van der Waals surface area contributed by atoms with E-state index in [1.807, 2.05) is 19.2 Å². The van der Waals surface area contributed by atoms with Crippen LogP contribution in [0, 0.1) is 12.8 Å². The van der Waals surface area contributed by atoms with E-state index in [4.69, 9.17) is 23.1 Å². The van der Waals surface area contributed by atoms with Gasteiger partial charge in [-0.25, -0.2) is 4.98 Å². The zero-order chi connectivity index (χ0) is 13.8. The van der Waals surface area contributed by atoms with E-state index in [0.29, 0.717) is 10.9 Å². The van der Waals surface area contributed by atoms with Gasteiger partial charge in [-0.3, -0.25) is 0 Å². The number of aromatic nitrogens is 1. The van der Waals surface area contributed by atoms with Crippen molar-refractivity contribution in [3.05, 3.63) is 23.4 Å². The minimum atomic E-state index is 0.252. The molecule has 1 aromatic heterocycles. The van der Waals surface area contributed by atoms with E-state index < -0.39 is 0 Å². The van der Waals surface area contributed by atoms with E-state index in [1.54, 1.807) is 0 Å². The fourth-order valence-corrected chi connectivity index (χ4v) is 3.02. The molecule has 1 aromatic rings. The maximum Gasteiger partial charge on any atom is 0.139 e. The highest BCUT2D eigenvalue weighted by Crippen LogP contribution is 2.27. The van der Waals surface area contributed by atoms with Gasteiger partial charge in [-0.1, -0.05) is 12.2 Å². The van der Waals surface area contributed by atoms with Crippen LogP contribution < -0.4 is 10.6 Å². The van der Waals surface area contributed by atoms with Gasteiger partial charge in [-0.15, -0.1) is 0 Å². The Labute approximate surface area is 119 Å². The molecule has 2 heterocycles. The number of anilines is 1. The Hall–Kier alpha value is -1.20. The molecule has 0 aliphatic carbocycles. The Morgan fingerprint density at radius 2 is 2.42 bits per heavy atom. The average molecular weight is 279 g/mol. The van der Waals surface area contributed by atoms with Gasteiger partial charge < -0.3 is 15.7 Å². The second-order valence-electron chi connectivity index (χ2n) is 5.16. The van der Waals surface area contributed by atoms with E-state index in [0.717, 1.165) is 42.9 Å². The molecule has 104 valence electrons. The van der Waals surface area contributed by atoms with Crippen LogP contribution in [0.3, 0.4) is 0 Å².